The summed E-state index contributed by atoms with van der Waals surface area (Å²) < 4.78 is 13.2. The first-order valence-corrected chi connectivity index (χ1v) is 15.5. The first-order valence-electron chi connectivity index (χ1n) is 14.7. The van der Waals surface area contributed by atoms with Crippen molar-refractivity contribution in [2.75, 3.05) is 22.9 Å². The molecule has 5 nitrogen and oxygen atoms in total. The zero-order valence-electron chi connectivity index (χ0n) is 24.6. The minimum absolute atomic E-state index is 0.372. The number of anilines is 4. The van der Waals surface area contributed by atoms with Crippen molar-refractivity contribution in [2.24, 2.45) is 0 Å². The topological polar surface area (TPSA) is 42.0 Å². The zero-order chi connectivity index (χ0) is 30.6. The Morgan fingerprint density at radius 3 is 1.95 bits per heavy atom. The average molecular weight is 622 g/mol. The molecular formula is C37H30Cl2N2O3. The summed E-state index contributed by atoms with van der Waals surface area (Å²) in [6.07, 6.45) is 0. The molecule has 5 aromatic carbocycles. The van der Waals surface area contributed by atoms with Crippen molar-refractivity contribution in [3.63, 3.8) is 0 Å². The van der Waals surface area contributed by atoms with Crippen molar-refractivity contribution >= 4 is 51.9 Å². The van der Waals surface area contributed by atoms with Gasteiger partial charge in [-0.05, 0) is 80.9 Å². The highest BCUT2D eigenvalue weighted by Gasteiger charge is 2.54. The molecule has 1 spiro atoms. The standard InChI is InChI=1S/C37H30Cl2N2O3/c1-4-40(5-2)24-18-19-27-35(21-24)43-34-20-23(3)33(22-28(34)37(27)26-13-7-6-12-25(26)36(42)44-37)41(31-16-10-8-14-29(31)38)32-17-11-9-15-30(32)39/h6-22H,4-5H2,1-3H3. The van der Waals surface area contributed by atoms with Crippen LogP contribution >= 0.6 is 23.2 Å². The predicted octanol–water partition coefficient (Wildman–Crippen LogP) is 10.2. The van der Waals surface area contributed by atoms with E-state index in [1.165, 1.54) is 0 Å². The van der Waals surface area contributed by atoms with Crippen molar-refractivity contribution in [3.05, 3.63) is 141 Å². The van der Waals surface area contributed by atoms with Crippen LogP contribution in [0.1, 0.15) is 46.5 Å². The van der Waals surface area contributed by atoms with E-state index in [1.807, 2.05) is 104 Å². The van der Waals surface area contributed by atoms with Gasteiger partial charge in [0.1, 0.15) is 11.5 Å². The normalized spacial score (nSPS) is 16.1. The fourth-order valence-electron chi connectivity index (χ4n) is 6.48. The Labute approximate surface area is 267 Å². The van der Waals surface area contributed by atoms with Crippen LogP contribution in [0.25, 0.3) is 0 Å². The summed E-state index contributed by atoms with van der Waals surface area (Å²) in [4.78, 5) is 17.8. The average Bonchev–Trinajstić information content (AvgIpc) is 3.32. The van der Waals surface area contributed by atoms with Crippen molar-refractivity contribution in [2.45, 2.75) is 26.4 Å². The number of esters is 1. The molecule has 2 aliphatic heterocycles. The molecule has 0 saturated heterocycles. The summed E-state index contributed by atoms with van der Waals surface area (Å²) in [7, 11) is 0. The lowest BCUT2D eigenvalue weighted by Crippen LogP contribution is -2.33. The summed E-state index contributed by atoms with van der Waals surface area (Å²) in [5.74, 6) is 0.911. The second-order valence-corrected chi connectivity index (χ2v) is 11.8. The molecule has 0 saturated carbocycles. The Bertz CT molecular complexity index is 1890. The Kier molecular flexibility index (Phi) is 7.03. The van der Waals surface area contributed by atoms with E-state index in [0.717, 1.165) is 58.1 Å². The molecule has 2 heterocycles. The quantitative estimate of drug-likeness (QED) is 0.177. The summed E-state index contributed by atoms with van der Waals surface area (Å²) in [6, 6.07) is 33.1. The number of carbonyl (C=O) groups is 1. The largest absolute Gasteiger partial charge is 0.456 e. The molecule has 7 heteroatoms. The Hall–Kier alpha value is -4.45. The molecule has 0 amide bonds. The molecule has 0 aliphatic carbocycles. The Morgan fingerprint density at radius 1 is 0.682 bits per heavy atom. The Morgan fingerprint density at radius 2 is 1.30 bits per heavy atom. The van der Waals surface area contributed by atoms with Crippen LogP contribution in [0.4, 0.5) is 22.7 Å². The molecule has 1 unspecified atom stereocenters. The highest BCUT2D eigenvalue weighted by molar-refractivity contribution is 6.35. The van der Waals surface area contributed by atoms with E-state index in [4.69, 9.17) is 32.7 Å². The highest BCUT2D eigenvalue weighted by atomic mass is 35.5. The molecule has 0 bridgehead atoms. The number of para-hydroxylation sites is 2. The zero-order valence-corrected chi connectivity index (χ0v) is 26.1. The van der Waals surface area contributed by atoms with Gasteiger partial charge < -0.3 is 19.3 Å². The maximum Gasteiger partial charge on any atom is 0.340 e. The van der Waals surface area contributed by atoms with Crippen LogP contribution in [0.2, 0.25) is 10.0 Å². The molecule has 7 rings (SSSR count). The number of halogens is 2. The van der Waals surface area contributed by atoms with Crippen LogP contribution in [-0.2, 0) is 10.3 Å². The van der Waals surface area contributed by atoms with E-state index < -0.39 is 5.60 Å². The number of benzene rings is 5. The van der Waals surface area contributed by atoms with Crippen LogP contribution in [0.3, 0.4) is 0 Å². The second-order valence-electron chi connectivity index (χ2n) is 10.9. The lowest BCUT2D eigenvalue weighted by molar-refractivity contribution is 0.0224. The smallest absolute Gasteiger partial charge is 0.340 e. The Balaban J connectivity index is 1.52. The van der Waals surface area contributed by atoms with Gasteiger partial charge in [-0.15, -0.1) is 0 Å². The second kappa shape index (κ2) is 10.9. The van der Waals surface area contributed by atoms with Crippen LogP contribution in [0.5, 0.6) is 11.5 Å². The minimum atomic E-state index is -1.21. The first-order chi connectivity index (χ1) is 21.4. The molecule has 0 N–H and O–H groups in total. The van der Waals surface area contributed by atoms with Crippen LogP contribution in [0, 0.1) is 6.92 Å². The molecule has 0 fully saturated rings. The predicted molar refractivity (Wildman–Crippen MR) is 178 cm³/mol. The van der Waals surface area contributed by atoms with Gasteiger partial charge in [-0.25, -0.2) is 4.79 Å². The third-order valence-corrected chi connectivity index (χ3v) is 9.21. The summed E-state index contributed by atoms with van der Waals surface area (Å²) in [6.45, 7) is 8.01. The number of fused-ring (bicyclic) bond motifs is 6. The van der Waals surface area contributed by atoms with Crippen molar-refractivity contribution in [1.82, 2.24) is 0 Å². The molecule has 2 aliphatic rings. The summed E-state index contributed by atoms with van der Waals surface area (Å²) in [5, 5.41) is 1.14. The highest BCUT2D eigenvalue weighted by Crippen LogP contribution is 2.58. The van der Waals surface area contributed by atoms with Gasteiger partial charge in [-0.1, -0.05) is 65.7 Å². The molecule has 1 atom stereocenters. The fourth-order valence-corrected chi connectivity index (χ4v) is 6.92. The van der Waals surface area contributed by atoms with Crippen LogP contribution in [-0.4, -0.2) is 19.1 Å². The lowest BCUT2D eigenvalue weighted by Gasteiger charge is -2.38. The van der Waals surface area contributed by atoms with Gasteiger partial charge in [0, 0.05) is 47.2 Å². The number of aryl methyl sites for hydroxylation is 1. The van der Waals surface area contributed by atoms with Gasteiger partial charge in [0.2, 0.25) is 0 Å². The number of carbonyl (C=O) groups excluding carboxylic acids is 1. The maximum atomic E-state index is 13.5. The fraction of sp³-hybridized carbons (Fsp3) is 0.162. The third kappa shape index (κ3) is 4.26. The summed E-state index contributed by atoms with van der Waals surface area (Å²) in [5.41, 5.74) is 5.94. The van der Waals surface area contributed by atoms with E-state index in [0.29, 0.717) is 27.1 Å². The van der Waals surface area contributed by atoms with Crippen molar-refractivity contribution < 1.29 is 14.3 Å². The van der Waals surface area contributed by atoms with Gasteiger partial charge in [0.25, 0.3) is 0 Å². The van der Waals surface area contributed by atoms with E-state index in [-0.39, 0.29) is 5.97 Å². The number of nitrogens with zero attached hydrogens (tertiary/aromatic N) is 2. The summed E-state index contributed by atoms with van der Waals surface area (Å²) >= 11 is 13.6. The van der Waals surface area contributed by atoms with Crippen LogP contribution in [0.15, 0.2) is 103 Å². The van der Waals surface area contributed by atoms with E-state index in [9.17, 15) is 4.79 Å². The first kappa shape index (κ1) is 28.3. The van der Waals surface area contributed by atoms with E-state index in [1.54, 1.807) is 0 Å². The SMILES string of the molecule is CCN(CC)c1ccc2c(c1)Oc1cc(C)c(N(c3ccccc3Cl)c3ccccc3Cl)cc1C21OC(=O)c2ccccc21. The van der Waals surface area contributed by atoms with Gasteiger partial charge >= 0.3 is 5.97 Å². The lowest BCUT2D eigenvalue weighted by atomic mass is 9.77. The third-order valence-electron chi connectivity index (χ3n) is 8.57. The van der Waals surface area contributed by atoms with Crippen molar-refractivity contribution in [3.8, 4) is 11.5 Å². The molecule has 0 radical (unpaired) electrons. The van der Waals surface area contributed by atoms with Gasteiger partial charge in [0.15, 0.2) is 5.60 Å². The van der Waals surface area contributed by atoms with Gasteiger partial charge in [-0.2, -0.15) is 0 Å². The molecule has 44 heavy (non-hydrogen) atoms. The number of hydrogen-bond acceptors (Lipinski definition) is 5. The van der Waals surface area contributed by atoms with E-state index >= 15 is 0 Å². The molecular weight excluding hydrogens is 591 g/mol. The number of ether oxygens (including phenoxy) is 2. The minimum Gasteiger partial charge on any atom is -0.456 e. The number of hydrogen-bond donors (Lipinski definition) is 0. The van der Waals surface area contributed by atoms with Crippen LogP contribution < -0.4 is 14.5 Å². The van der Waals surface area contributed by atoms with E-state index in [2.05, 4.69) is 29.7 Å². The molecule has 220 valence electrons. The van der Waals surface area contributed by atoms with Gasteiger partial charge in [-0.3, -0.25) is 0 Å². The molecule has 0 aromatic heterocycles. The van der Waals surface area contributed by atoms with Gasteiger partial charge in [0.05, 0.1) is 27.0 Å². The molecule has 5 aromatic rings. The number of rotatable bonds is 6. The van der Waals surface area contributed by atoms with Crippen molar-refractivity contribution in [1.29, 1.82) is 0 Å². The monoisotopic (exact) mass is 620 g/mol. The maximum absolute atomic E-state index is 13.5.